The number of aromatic nitrogens is 2. The normalized spacial score (nSPS) is 17.6. The molecule has 0 radical (unpaired) electrons. The number of likely N-dealkylation sites (tertiary alicyclic amines) is 1. The molecule has 0 saturated carbocycles. The third-order valence-electron chi connectivity index (χ3n) is 8.12. The van der Waals surface area contributed by atoms with Crippen LogP contribution in [0.3, 0.4) is 0 Å². The summed E-state index contributed by atoms with van der Waals surface area (Å²) in [5.74, 6) is 0.676. The summed E-state index contributed by atoms with van der Waals surface area (Å²) in [4.78, 5) is 22.0. The summed E-state index contributed by atoms with van der Waals surface area (Å²) in [6.45, 7) is 7.39. The first-order valence-electron chi connectivity index (χ1n) is 13.9. The number of hydrogen-bond donors (Lipinski definition) is 0. The number of halogens is 1. The number of carbonyl (C=O) groups is 1. The van der Waals surface area contributed by atoms with Gasteiger partial charge in [-0.1, -0.05) is 72.7 Å². The molecule has 3 heterocycles. The molecule has 0 spiro atoms. The minimum atomic E-state index is -0.337. The first-order valence-corrected chi connectivity index (χ1v) is 13.9. The van der Waals surface area contributed by atoms with Gasteiger partial charge < -0.3 is 14.2 Å². The van der Waals surface area contributed by atoms with Crippen molar-refractivity contribution in [1.29, 1.82) is 0 Å². The van der Waals surface area contributed by atoms with E-state index >= 15 is 0 Å². The summed E-state index contributed by atoms with van der Waals surface area (Å²) in [6, 6.07) is 22.5. The van der Waals surface area contributed by atoms with Crippen molar-refractivity contribution in [3.8, 4) is 34.0 Å². The number of hydrogen-bond acceptors (Lipinski definition) is 6. The minimum absolute atomic E-state index is 0.272. The van der Waals surface area contributed by atoms with E-state index in [-0.39, 0.29) is 23.0 Å². The predicted octanol–water partition coefficient (Wildman–Crippen LogP) is 5.67. The second kappa shape index (κ2) is 11.3. The zero-order valence-electron chi connectivity index (χ0n) is 22.7. The molecule has 7 nitrogen and oxygen atoms in total. The Labute approximate surface area is 233 Å². The zero-order chi connectivity index (χ0) is 27.5. The van der Waals surface area contributed by atoms with Crippen molar-refractivity contribution in [2.45, 2.75) is 26.3 Å². The fraction of sp³-hybridized carbons (Fsp3) is 0.344. The Kier molecular flexibility index (Phi) is 7.45. The Morgan fingerprint density at radius 1 is 0.900 bits per heavy atom. The van der Waals surface area contributed by atoms with Crippen LogP contribution in [0.25, 0.3) is 34.0 Å². The monoisotopic (exact) mass is 540 g/mol. The van der Waals surface area contributed by atoms with Crippen LogP contribution >= 0.6 is 0 Å². The second-order valence-electron chi connectivity index (χ2n) is 10.9. The molecular formula is C32H33FN4O3. The van der Waals surface area contributed by atoms with Gasteiger partial charge in [-0.05, 0) is 49.2 Å². The SMILES string of the molecule is CC1(C(=O)N2CCOCC2)CCN(Cc2ccc(-c3noc(-c4ccc(-c5ccccc5)c(F)c4)n3)cc2)CC1. The van der Waals surface area contributed by atoms with E-state index < -0.39 is 0 Å². The smallest absolute Gasteiger partial charge is 0.258 e. The van der Waals surface area contributed by atoms with Crippen LogP contribution in [0.15, 0.2) is 77.3 Å². The van der Waals surface area contributed by atoms with E-state index in [1.165, 1.54) is 11.6 Å². The summed E-state index contributed by atoms with van der Waals surface area (Å²) in [5, 5.41) is 4.13. The number of rotatable bonds is 6. The van der Waals surface area contributed by atoms with Crippen molar-refractivity contribution < 1.29 is 18.4 Å². The Hall–Kier alpha value is -3.88. The van der Waals surface area contributed by atoms with Crippen LogP contribution in [0.4, 0.5) is 4.39 Å². The van der Waals surface area contributed by atoms with Crippen LogP contribution in [-0.4, -0.2) is 65.2 Å². The van der Waals surface area contributed by atoms with Crippen molar-refractivity contribution >= 4 is 5.91 Å². The molecule has 4 aromatic rings. The summed E-state index contributed by atoms with van der Waals surface area (Å²) in [5.41, 5.74) is 3.62. The van der Waals surface area contributed by atoms with Crippen LogP contribution in [0, 0.1) is 11.2 Å². The Morgan fingerprint density at radius 3 is 2.30 bits per heavy atom. The summed E-state index contributed by atoms with van der Waals surface area (Å²) < 4.78 is 25.7. The topological polar surface area (TPSA) is 71.7 Å². The molecule has 0 aliphatic carbocycles. The predicted molar refractivity (Wildman–Crippen MR) is 151 cm³/mol. The minimum Gasteiger partial charge on any atom is -0.378 e. The second-order valence-corrected chi connectivity index (χ2v) is 10.9. The van der Waals surface area contributed by atoms with E-state index in [1.807, 2.05) is 47.4 Å². The molecule has 2 aliphatic rings. The van der Waals surface area contributed by atoms with Gasteiger partial charge in [0.15, 0.2) is 0 Å². The number of morpholine rings is 1. The third kappa shape index (κ3) is 5.55. The molecule has 3 aromatic carbocycles. The lowest BCUT2D eigenvalue weighted by Crippen LogP contribution is -2.51. The molecule has 0 N–H and O–H groups in total. The van der Waals surface area contributed by atoms with Crippen LogP contribution in [0.2, 0.25) is 0 Å². The van der Waals surface area contributed by atoms with Crippen LogP contribution in [0.1, 0.15) is 25.3 Å². The first kappa shape index (κ1) is 26.3. The zero-order valence-corrected chi connectivity index (χ0v) is 22.7. The quantitative estimate of drug-likeness (QED) is 0.314. The number of ether oxygens (including phenoxy) is 1. The summed E-state index contributed by atoms with van der Waals surface area (Å²) >= 11 is 0. The van der Waals surface area contributed by atoms with Crippen molar-refractivity contribution in [3.05, 3.63) is 84.2 Å². The van der Waals surface area contributed by atoms with E-state index in [2.05, 4.69) is 34.1 Å². The molecule has 8 heteroatoms. The Morgan fingerprint density at radius 2 is 1.60 bits per heavy atom. The fourth-order valence-corrected chi connectivity index (χ4v) is 5.54. The van der Waals surface area contributed by atoms with Gasteiger partial charge in [-0.25, -0.2) is 4.39 Å². The average Bonchev–Trinajstić information content (AvgIpc) is 3.50. The lowest BCUT2D eigenvalue weighted by molar-refractivity contribution is -0.148. The van der Waals surface area contributed by atoms with Crippen molar-refractivity contribution in [3.63, 3.8) is 0 Å². The van der Waals surface area contributed by atoms with Crippen molar-refractivity contribution in [2.24, 2.45) is 5.41 Å². The van der Waals surface area contributed by atoms with E-state index in [9.17, 15) is 9.18 Å². The van der Waals surface area contributed by atoms with Crippen LogP contribution in [-0.2, 0) is 16.1 Å². The summed E-state index contributed by atoms with van der Waals surface area (Å²) in [7, 11) is 0. The highest BCUT2D eigenvalue weighted by Crippen LogP contribution is 2.34. The lowest BCUT2D eigenvalue weighted by atomic mass is 9.79. The van der Waals surface area contributed by atoms with Gasteiger partial charge in [0.1, 0.15) is 5.82 Å². The first-order chi connectivity index (χ1) is 19.5. The van der Waals surface area contributed by atoms with Gasteiger partial charge >= 0.3 is 0 Å². The summed E-state index contributed by atoms with van der Waals surface area (Å²) in [6.07, 6.45) is 1.72. The third-order valence-corrected chi connectivity index (χ3v) is 8.12. The molecule has 1 aromatic heterocycles. The average molecular weight is 541 g/mol. The number of carbonyl (C=O) groups excluding carboxylic acids is 1. The van der Waals surface area contributed by atoms with Gasteiger partial charge in [0.05, 0.1) is 13.2 Å². The van der Waals surface area contributed by atoms with Gasteiger partial charge in [-0.3, -0.25) is 9.69 Å². The maximum absolute atomic E-state index is 14.8. The van der Waals surface area contributed by atoms with Gasteiger partial charge in [-0.2, -0.15) is 4.98 Å². The largest absolute Gasteiger partial charge is 0.378 e. The van der Waals surface area contributed by atoms with Gasteiger partial charge in [0.2, 0.25) is 11.7 Å². The number of amides is 1. The highest BCUT2D eigenvalue weighted by atomic mass is 19.1. The molecule has 40 heavy (non-hydrogen) atoms. The molecule has 206 valence electrons. The lowest BCUT2D eigenvalue weighted by Gasteiger charge is -2.42. The van der Waals surface area contributed by atoms with Crippen LogP contribution < -0.4 is 0 Å². The van der Waals surface area contributed by atoms with Crippen molar-refractivity contribution in [1.82, 2.24) is 19.9 Å². The molecule has 2 saturated heterocycles. The standard InChI is InChI=1S/C32H33FN4O3/c1-32(31(38)37-17-19-39-20-18-37)13-15-36(16-14-32)22-23-7-9-25(10-8-23)29-34-30(40-35-29)26-11-12-27(28(33)21-26)24-5-3-2-4-6-24/h2-12,21H,13-20,22H2,1H3. The van der Waals surface area contributed by atoms with E-state index in [0.717, 1.165) is 43.6 Å². The number of nitrogens with zero attached hydrogens (tertiary/aromatic N) is 4. The molecule has 0 bridgehead atoms. The fourth-order valence-electron chi connectivity index (χ4n) is 5.54. The Bertz CT molecular complexity index is 1460. The molecule has 0 unspecified atom stereocenters. The highest BCUT2D eigenvalue weighted by molar-refractivity contribution is 5.82. The molecule has 6 rings (SSSR count). The number of benzene rings is 3. The maximum atomic E-state index is 14.8. The van der Waals surface area contributed by atoms with E-state index in [4.69, 9.17) is 9.26 Å². The molecule has 2 fully saturated rings. The maximum Gasteiger partial charge on any atom is 0.258 e. The molecule has 0 atom stereocenters. The van der Waals surface area contributed by atoms with E-state index in [1.54, 1.807) is 12.1 Å². The van der Waals surface area contributed by atoms with Gasteiger partial charge in [-0.15, -0.1) is 0 Å². The molecule has 2 aliphatic heterocycles. The number of piperidine rings is 1. The van der Waals surface area contributed by atoms with Gasteiger partial charge in [0.25, 0.3) is 5.89 Å². The molecular weight excluding hydrogens is 507 g/mol. The highest BCUT2D eigenvalue weighted by Gasteiger charge is 2.39. The van der Waals surface area contributed by atoms with Crippen LogP contribution in [0.5, 0.6) is 0 Å². The van der Waals surface area contributed by atoms with E-state index in [0.29, 0.717) is 43.3 Å². The Balaban J connectivity index is 1.07. The van der Waals surface area contributed by atoms with Gasteiger partial charge in [0, 0.05) is 41.7 Å². The molecule has 1 amide bonds. The van der Waals surface area contributed by atoms with Crippen molar-refractivity contribution in [2.75, 3.05) is 39.4 Å².